The van der Waals surface area contributed by atoms with Gasteiger partial charge in [-0.2, -0.15) is 0 Å². The highest BCUT2D eigenvalue weighted by Crippen LogP contribution is 2.10. The van der Waals surface area contributed by atoms with Gasteiger partial charge in [0, 0.05) is 25.0 Å². The molecule has 0 saturated carbocycles. The van der Waals surface area contributed by atoms with Gasteiger partial charge in [0.25, 0.3) is 0 Å². The summed E-state index contributed by atoms with van der Waals surface area (Å²) < 4.78 is 0. The highest BCUT2D eigenvalue weighted by Gasteiger charge is 2.18. The third kappa shape index (κ3) is 7.05. The molecule has 120 valence electrons. The first kappa shape index (κ1) is 18.1. The van der Waals surface area contributed by atoms with Crippen LogP contribution in [0, 0.1) is 18.8 Å². The third-order valence-electron chi connectivity index (χ3n) is 3.03. The number of amides is 1. The summed E-state index contributed by atoms with van der Waals surface area (Å²) in [5.41, 5.74) is 1.05. The Morgan fingerprint density at radius 1 is 1.24 bits per heavy atom. The lowest BCUT2D eigenvalue weighted by molar-refractivity contribution is -0.133. The molecule has 1 heterocycles. The predicted octanol–water partition coefficient (Wildman–Crippen LogP) is 3.02. The van der Waals surface area contributed by atoms with E-state index in [4.69, 9.17) is 0 Å². The van der Waals surface area contributed by atoms with E-state index in [1.54, 1.807) is 11.3 Å². The number of aromatic nitrogens is 1. The second-order valence-electron chi connectivity index (χ2n) is 6.62. The van der Waals surface area contributed by atoms with Crippen molar-refractivity contribution in [3.63, 3.8) is 0 Å². The SMILES string of the molecule is Cc1nc(CN(C)CC(=O)N(CC(C)C)CC(C)C)cs1. The Morgan fingerprint density at radius 3 is 2.24 bits per heavy atom. The fourth-order valence-electron chi connectivity index (χ4n) is 2.30. The molecule has 0 N–H and O–H groups in total. The van der Waals surface area contributed by atoms with Gasteiger partial charge in [-0.15, -0.1) is 11.3 Å². The van der Waals surface area contributed by atoms with Crippen LogP contribution in [0.15, 0.2) is 5.38 Å². The summed E-state index contributed by atoms with van der Waals surface area (Å²) in [6, 6.07) is 0. The Hall–Kier alpha value is -0.940. The van der Waals surface area contributed by atoms with Gasteiger partial charge in [-0.25, -0.2) is 4.98 Å². The summed E-state index contributed by atoms with van der Waals surface area (Å²) in [5, 5.41) is 3.14. The van der Waals surface area contributed by atoms with Crippen LogP contribution < -0.4 is 0 Å². The lowest BCUT2D eigenvalue weighted by atomic mass is 10.1. The Balaban J connectivity index is 2.54. The zero-order chi connectivity index (χ0) is 16.0. The van der Waals surface area contributed by atoms with Crippen LogP contribution in [0.5, 0.6) is 0 Å². The van der Waals surface area contributed by atoms with Crippen molar-refractivity contribution in [1.29, 1.82) is 0 Å². The van der Waals surface area contributed by atoms with Crippen LogP contribution in [0.1, 0.15) is 38.4 Å². The number of rotatable bonds is 8. The summed E-state index contributed by atoms with van der Waals surface area (Å²) in [4.78, 5) is 21.0. The van der Waals surface area contributed by atoms with Crippen molar-refractivity contribution in [1.82, 2.24) is 14.8 Å². The quantitative estimate of drug-likeness (QED) is 0.740. The molecule has 1 aromatic heterocycles. The van der Waals surface area contributed by atoms with Crippen LogP contribution in [0.4, 0.5) is 0 Å². The van der Waals surface area contributed by atoms with Gasteiger partial charge in [0.05, 0.1) is 17.2 Å². The summed E-state index contributed by atoms with van der Waals surface area (Å²) in [6.07, 6.45) is 0. The molecule has 0 fully saturated rings. The molecular weight excluding hydrogens is 282 g/mol. The predicted molar refractivity (Wildman–Crippen MR) is 89.4 cm³/mol. The van der Waals surface area contributed by atoms with E-state index < -0.39 is 0 Å². The lowest BCUT2D eigenvalue weighted by Gasteiger charge is -2.28. The van der Waals surface area contributed by atoms with Crippen molar-refractivity contribution in [3.05, 3.63) is 16.1 Å². The number of hydrogen-bond donors (Lipinski definition) is 0. The molecule has 5 heteroatoms. The average Bonchev–Trinajstić information content (AvgIpc) is 2.72. The van der Waals surface area contributed by atoms with Gasteiger partial charge < -0.3 is 4.90 Å². The molecule has 0 aromatic carbocycles. The molecule has 0 unspecified atom stereocenters. The van der Waals surface area contributed by atoms with E-state index >= 15 is 0 Å². The normalized spacial score (nSPS) is 11.7. The first-order chi connectivity index (χ1) is 9.77. The highest BCUT2D eigenvalue weighted by atomic mass is 32.1. The molecule has 0 saturated heterocycles. The molecule has 0 aliphatic carbocycles. The third-order valence-corrected chi connectivity index (χ3v) is 3.85. The van der Waals surface area contributed by atoms with Gasteiger partial charge in [-0.05, 0) is 25.8 Å². The van der Waals surface area contributed by atoms with Crippen molar-refractivity contribution in [2.45, 2.75) is 41.2 Å². The summed E-state index contributed by atoms with van der Waals surface area (Å²) in [7, 11) is 1.98. The minimum absolute atomic E-state index is 0.215. The molecule has 21 heavy (non-hydrogen) atoms. The second kappa shape index (κ2) is 8.49. The van der Waals surface area contributed by atoms with E-state index in [1.165, 1.54) is 0 Å². The van der Waals surface area contributed by atoms with Crippen molar-refractivity contribution in [2.24, 2.45) is 11.8 Å². The number of likely N-dealkylation sites (N-methyl/N-ethyl adjacent to an activating group) is 1. The number of hydrogen-bond acceptors (Lipinski definition) is 4. The maximum atomic E-state index is 12.5. The maximum Gasteiger partial charge on any atom is 0.236 e. The molecular formula is C16H29N3OS. The Kier molecular flexibility index (Phi) is 7.32. The molecule has 0 aliphatic rings. The van der Waals surface area contributed by atoms with E-state index in [0.29, 0.717) is 18.4 Å². The molecule has 4 nitrogen and oxygen atoms in total. The monoisotopic (exact) mass is 311 g/mol. The van der Waals surface area contributed by atoms with E-state index in [-0.39, 0.29) is 5.91 Å². The molecule has 0 spiro atoms. The molecule has 0 aliphatic heterocycles. The standard InChI is InChI=1S/C16H29N3OS/c1-12(2)7-19(8-13(3)4)16(20)10-18(6)9-15-11-21-14(5)17-15/h11-13H,7-10H2,1-6H3. The van der Waals surface area contributed by atoms with Crippen molar-refractivity contribution < 1.29 is 4.79 Å². The zero-order valence-electron chi connectivity index (χ0n) is 14.2. The van der Waals surface area contributed by atoms with E-state index in [0.717, 1.165) is 30.3 Å². The maximum absolute atomic E-state index is 12.5. The molecule has 1 amide bonds. The van der Waals surface area contributed by atoms with Crippen molar-refractivity contribution in [3.8, 4) is 0 Å². The van der Waals surface area contributed by atoms with Crippen LogP contribution >= 0.6 is 11.3 Å². The Morgan fingerprint density at radius 2 is 1.81 bits per heavy atom. The van der Waals surface area contributed by atoms with Crippen LogP contribution in [0.2, 0.25) is 0 Å². The molecule has 0 bridgehead atoms. The van der Waals surface area contributed by atoms with E-state index in [9.17, 15) is 4.79 Å². The Bertz CT molecular complexity index is 432. The summed E-state index contributed by atoms with van der Waals surface area (Å²) in [6.45, 7) is 13.5. The summed E-state index contributed by atoms with van der Waals surface area (Å²) >= 11 is 1.66. The average molecular weight is 311 g/mol. The largest absolute Gasteiger partial charge is 0.341 e. The first-order valence-corrected chi connectivity index (χ1v) is 8.53. The number of carbonyl (C=O) groups excluding carboxylic acids is 1. The first-order valence-electron chi connectivity index (χ1n) is 7.65. The Labute approximate surface area is 133 Å². The number of carbonyl (C=O) groups is 1. The van der Waals surface area contributed by atoms with Crippen LogP contribution in [0.3, 0.4) is 0 Å². The molecule has 0 atom stereocenters. The van der Waals surface area contributed by atoms with Crippen LogP contribution in [-0.2, 0) is 11.3 Å². The fraction of sp³-hybridized carbons (Fsp3) is 0.750. The zero-order valence-corrected chi connectivity index (χ0v) is 15.0. The van der Waals surface area contributed by atoms with Gasteiger partial charge >= 0.3 is 0 Å². The number of nitrogens with zero attached hydrogens (tertiary/aromatic N) is 3. The number of aryl methyl sites for hydroxylation is 1. The highest BCUT2D eigenvalue weighted by molar-refractivity contribution is 7.09. The van der Waals surface area contributed by atoms with Gasteiger partial charge in [0.15, 0.2) is 0 Å². The second-order valence-corrected chi connectivity index (χ2v) is 7.68. The smallest absolute Gasteiger partial charge is 0.236 e. The van der Waals surface area contributed by atoms with Crippen LogP contribution in [0.25, 0.3) is 0 Å². The fourth-order valence-corrected chi connectivity index (χ4v) is 2.91. The van der Waals surface area contributed by atoms with Gasteiger partial charge in [-0.1, -0.05) is 27.7 Å². The van der Waals surface area contributed by atoms with Crippen LogP contribution in [-0.4, -0.2) is 47.4 Å². The minimum Gasteiger partial charge on any atom is -0.341 e. The summed E-state index contributed by atoms with van der Waals surface area (Å²) in [5.74, 6) is 1.21. The van der Waals surface area contributed by atoms with E-state index in [1.807, 2.05) is 23.8 Å². The minimum atomic E-state index is 0.215. The van der Waals surface area contributed by atoms with Crippen molar-refractivity contribution in [2.75, 3.05) is 26.7 Å². The van der Waals surface area contributed by atoms with Crippen molar-refractivity contribution >= 4 is 17.2 Å². The van der Waals surface area contributed by atoms with Gasteiger partial charge in [0.1, 0.15) is 0 Å². The topological polar surface area (TPSA) is 36.4 Å². The van der Waals surface area contributed by atoms with Gasteiger partial charge in [-0.3, -0.25) is 9.69 Å². The molecule has 1 aromatic rings. The van der Waals surface area contributed by atoms with Gasteiger partial charge in [0.2, 0.25) is 5.91 Å². The molecule has 1 rings (SSSR count). The van der Waals surface area contributed by atoms with E-state index in [2.05, 4.69) is 38.1 Å². The number of thiazole rings is 1. The molecule has 0 radical (unpaired) electrons. The lowest BCUT2D eigenvalue weighted by Crippen LogP contribution is -2.42.